The third-order valence-electron chi connectivity index (χ3n) is 2.57. The Morgan fingerprint density at radius 1 is 1.06 bits per heavy atom. The normalized spacial score (nSPS) is 10.0. The van der Waals surface area contributed by atoms with E-state index in [0.29, 0.717) is 0 Å². The first-order chi connectivity index (χ1) is 8.16. The molecule has 2 heteroatoms. The quantitative estimate of drug-likeness (QED) is 0.831. The van der Waals surface area contributed by atoms with Crippen LogP contribution in [0.3, 0.4) is 0 Å². The lowest BCUT2D eigenvalue weighted by Crippen LogP contribution is -2.07. The lowest BCUT2D eigenvalue weighted by Gasteiger charge is -2.11. The molecule has 1 N–H and O–H groups in total. The van der Waals surface area contributed by atoms with Crippen LogP contribution in [0.1, 0.15) is 12.5 Å². The molecule has 0 unspecified atom stereocenters. The first-order valence-electron chi connectivity index (χ1n) is 5.60. The van der Waals surface area contributed by atoms with E-state index in [9.17, 15) is 4.79 Å². The van der Waals surface area contributed by atoms with Gasteiger partial charge in [0, 0.05) is 18.2 Å². The van der Waals surface area contributed by atoms with Crippen LogP contribution in [0.2, 0.25) is 0 Å². The highest BCUT2D eigenvalue weighted by Gasteiger charge is 2.06. The summed E-state index contributed by atoms with van der Waals surface area (Å²) >= 11 is 0. The molecule has 0 aromatic heterocycles. The van der Waals surface area contributed by atoms with E-state index < -0.39 is 0 Å². The zero-order valence-corrected chi connectivity index (χ0v) is 10.0. The number of anilines is 1. The van der Waals surface area contributed by atoms with Crippen LogP contribution in [0.4, 0.5) is 5.69 Å². The van der Waals surface area contributed by atoms with Crippen LogP contribution in [0.5, 0.6) is 0 Å². The van der Waals surface area contributed by atoms with Gasteiger partial charge in [0.25, 0.3) is 0 Å². The maximum Gasteiger partial charge on any atom is 0.221 e. The highest BCUT2D eigenvalue weighted by Crippen LogP contribution is 2.28. The van der Waals surface area contributed by atoms with Gasteiger partial charge >= 0.3 is 0 Å². The van der Waals surface area contributed by atoms with Crippen LogP contribution < -0.4 is 5.32 Å². The average molecular weight is 225 g/mol. The minimum Gasteiger partial charge on any atom is -0.326 e. The predicted molar refractivity (Wildman–Crippen MR) is 70.9 cm³/mol. The lowest BCUT2D eigenvalue weighted by atomic mass is 10.0. The lowest BCUT2D eigenvalue weighted by molar-refractivity contribution is -0.114. The monoisotopic (exact) mass is 225 g/mol. The summed E-state index contributed by atoms with van der Waals surface area (Å²) in [6.45, 7) is 3.57. The Bertz CT molecular complexity index is 532. The van der Waals surface area contributed by atoms with E-state index in [2.05, 4.69) is 11.4 Å². The molecule has 2 aromatic carbocycles. The topological polar surface area (TPSA) is 29.1 Å². The smallest absolute Gasteiger partial charge is 0.221 e. The molecule has 0 spiro atoms. The SMILES string of the molecule is CC(=O)Nc1ccc(C)cc1-c1ccccc1. The number of nitrogens with one attached hydrogen (secondary N) is 1. The van der Waals surface area contributed by atoms with Crippen molar-refractivity contribution >= 4 is 11.6 Å². The molecule has 0 heterocycles. The fourth-order valence-corrected chi connectivity index (χ4v) is 1.81. The summed E-state index contributed by atoms with van der Waals surface area (Å²) in [5.74, 6) is -0.0500. The first kappa shape index (κ1) is 11.4. The van der Waals surface area contributed by atoms with Gasteiger partial charge in [-0.15, -0.1) is 0 Å². The van der Waals surface area contributed by atoms with E-state index in [-0.39, 0.29) is 5.91 Å². The van der Waals surface area contributed by atoms with Gasteiger partial charge in [-0.1, -0.05) is 42.0 Å². The van der Waals surface area contributed by atoms with Crippen LogP contribution in [0.25, 0.3) is 11.1 Å². The van der Waals surface area contributed by atoms with Crippen LogP contribution in [-0.2, 0) is 4.79 Å². The molecule has 2 aromatic rings. The number of rotatable bonds is 2. The number of carbonyl (C=O) groups excluding carboxylic acids is 1. The Morgan fingerprint density at radius 2 is 1.76 bits per heavy atom. The maximum absolute atomic E-state index is 11.2. The molecule has 0 bridgehead atoms. The summed E-state index contributed by atoms with van der Waals surface area (Å²) in [6.07, 6.45) is 0. The van der Waals surface area contributed by atoms with Crippen molar-refractivity contribution in [3.63, 3.8) is 0 Å². The highest BCUT2D eigenvalue weighted by atomic mass is 16.1. The largest absolute Gasteiger partial charge is 0.326 e. The fraction of sp³-hybridized carbons (Fsp3) is 0.133. The molecule has 2 nitrogen and oxygen atoms in total. The molecule has 0 aliphatic carbocycles. The van der Waals surface area contributed by atoms with Crippen molar-refractivity contribution in [2.75, 3.05) is 5.32 Å². The fourth-order valence-electron chi connectivity index (χ4n) is 1.81. The Hall–Kier alpha value is -2.09. The predicted octanol–water partition coefficient (Wildman–Crippen LogP) is 3.62. The minimum atomic E-state index is -0.0500. The van der Waals surface area contributed by atoms with Gasteiger partial charge in [0.1, 0.15) is 0 Å². The summed E-state index contributed by atoms with van der Waals surface area (Å²) in [5, 5.41) is 2.86. The molecule has 17 heavy (non-hydrogen) atoms. The zero-order chi connectivity index (χ0) is 12.3. The number of aryl methyl sites for hydroxylation is 1. The molecule has 86 valence electrons. The van der Waals surface area contributed by atoms with Crippen molar-refractivity contribution in [1.29, 1.82) is 0 Å². The van der Waals surface area contributed by atoms with Crippen LogP contribution in [0, 0.1) is 6.92 Å². The zero-order valence-electron chi connectivity index (χ0n) is 10.0. The number of hydrogen-bond donors (Lipinski definition) is 1. The van der Waals surface area contributed by atoms with E-state index >= 15 is 0 Å². The van der Waals surface area contributed by atoms with Crippen molar-refractivity contribution < 1.29 is 4.79 Å². The van der Waals surface area contributed by atoms with Crippen LogP contribution in [-0.4, -0.2) is 5.91 Å². The summed E-state index contributed by atoms with van der Waals surface area (Å²) in [6, 6.07) is 16.1. The van der Waals surface area contributed by atoms with Crippen molar-refractivity contribution in [3.05, 3.63) is 54.1 Å². The molecular weight excluding hydrogens is 210 g/mol. The molecular formula is C15H15NO. The molecule has 0 aliphatic heterocycles. The maximum atomic E-state index is 11.2. The van der Waals surface area contributed by atoms with E-state index in [4.69, 9.17) is 0 Å². The summed E-state index contributed by atoms with van der Waals surface area (Å²) in [7, 11) is 0. The first-order valence-corrected chi connectivity index (χ1v) is 5.60. The summed E-state index contributed by atoms with van der Waals surface area (Å²) in [4.78, 5) is 11.2. The third-order valence-corrected chi connectivity index (χ3v) is 2.57. The van der Waals surface area contributed by atoms with Crippen LogP contribution in [0.15, 0.2) is 48.5 Å². The van der Waals surface area contributed by atoms with E-state index in [0.717, 1.165) is 16.8 Å². The Kier molecular flexibility index (Phi) is 3.24. The standard InChI is InChI=1S/C15H15NO/c1-11-8-9-15(16-12(2)17)14(10-11)13-6-4-3-5-7-13/h3-10H,1-2H3,(H,16,17). The highest BCUT2D eigenvalue weighted by molar-refractivity contribution is 5.94. The minimum absolute atomic E-state index is 0.0500. The molecule has 0 aliphatic rings. The van der Waals surface area contributed by atoms with Gasteiger partial charge < -0.3 is 5.32 Å². The van der Waals surface area contributed by atoms with Gasteiger partial charge in [-0.25, -0.2) is 0 Å². The molecule has 1 amide bonds. The van der Waals surface area contributed by atoms with E-state index in [1.165, 1.54) is 12.5 Å². The number of hydrogen-bond acceptors (Lipinski definition) is 1. The van der Waals surface area contributed by atoms with E-state index in [1.54, 1.807) is 0 Å². The van der Waals surface area contributed by atoms with Gasteiger partial charge in [0.05, 0.1) is 0 Å². The van der Waals surface area contributed by atoms with Crippen molar-refractivity contribution in [3.8, 4) is 11.1 Å². The third kappa shape index (κ3) is 2.72. The second-order valence-corrected chi connectivity index (χ2v) is 4.10. The van der Waals surface area contributed by atoms with Gasteiger partial charge in [-0.2, -0.15) is 0 Å². The van der Waals surface area contributed by atoms with Crippen LogP contribution >= 0.6 is 0 Å². The van der Waals surface area contributed by atoms with Crippen molar-refractivity contribution in [2.45, 2.75) is 13.8 Å². The molecule has 2 rings (SSSR count). The number of benzene rings is 2. The molecule has 0 fully saturated rings. The molecule has 0 radical (unpaired) electrons. The van der Waals surface area contributed by atoms with Crippen molar-refractivity contribution in [1.82, 2.24) is 0 Å². The van der Waals surface area contributed by atoms with E-state index in [1.807, 2.05) is 49.4 Å². The second kappa shape index (κ2) is 4.83. The van der Waals surface area contributed by atoms with Gasteiger partial charge in [-0.3, -0.25) is 4.79 Å². The van der Waals surface area contributed by atoms with Gasteiger partial charge in [0.15, 0.2) is 0 Å². The van der Waals surface area contributed by atoms with Gasteiger partial charge in [0.2, 0.25) is 5.91 Å². The second-order valence-electron chi connectivity index (χ2n) is 4.10. The Morgan fingerprint density at radius 3 is 2.41 bits per heavy atom. The molecule has 0 saturated carbocycles. The average Bonchev–Trinajstić information content (AvgIpc) is 2.32. The number of carbonyl (C=O) groups is 1. The number of amides is 1. The molecule has 0 saturated heterocycles. The summed E-state index contributed by atoms with van der Waals surface area (Å²) < 4.78 is 0. The molecule has 0 atom stereocenters. The summed E-state index contributed by atoms with van der Waals surface area (Å²) in [5.41, 5.74) is 4.20. The van der Waals surface area contributed by atoms with Crippen molar-refractivity contribution in [2.24, 2.45) is 0 Å². The Labute approximate surface area is 101 Å². The Balaban J connectivity index is 2.51. The van der Waals surface area contributed by atoms with Gasteiger partial charge in [-0.05, 0) is 24.6 Å².